The van der Waals surface area contributed by atoms with Crippen LogP contribution in [0.5, 0.6) is 0 Å². The zero-order chi connectivity index (χ0) is 14.0. The number of hydrogen-bond acceptors (Lipinski definition) is 2. The summed E-state index contributed by atoms with van der Waals surface area (Å²) in [5.41, 5.74) is 0.164. The lowest BCUT2D eigenvalue weighted by Crippen LogP contribution is -2.41. The monoisotopic (exact) mass is 273 g/mol. The van der Waals surface area contributed by atoms with Gasteiger partial charge in [0.25, 0.3) is 0 Å². The van der Waals surface area contributed by atoms with E-state index in [4.69, 9.17) is 0 Å². The van der Waals surface area contributed by atoms with Gasteiger partial charge in [-0.05, 0) is 44.5 Å². The van der Waals surface area contributed by atoms with Crippen molar-refractivity contribution in [3.63, 3.8) is 0 Å². The molecule has 1 aliphatic heterocycles. The van der Waals surface area contributed by atoms with Crippen LogP contribution in [-0.4, -0.2) is 22.9 Å². The van der Waals surface area contributed by atoms with Crippen molar-refractivity contribution in [2.75, 3.05) is 13.1 Å². The Kier molecular flexibility index (Phi) is 3.57. The molecule has 3 rings (SSSR count). The first-order valence-corrected chi connectivity index (χ1v) is 7.19. The van der Waals surface area contributed by atoms with Crippen molar-refractivity contribution in [1.82, 2.24) is 15.1 Å². The van der Waals surface area contributed by atoms with Crippen molar-refractivity contribution >= 4 is 0 Å². The van der Waals surface area contributed by atoms with Crippen molar-refractivity contribution in [2.24, 2.45) is 5.92 Å². The Bertz CT molecular complexity index is 556. The van der Waals surface area contributed by atoms with Crippen LogP contribution >= 0.6 is 0 Å². The van der Waals surface area contributed by atoms with E-state index in [0.717, 1.165) is 31.6 Å². The summed E-state index contributed by atoms with van der Waals surface area (Å²) in [6.45, 7) is 3.40. The number of aromatic nitrogens is 2. The molecule has 1 fully saturated rings. The lowest BCUT2D eigenvalue weighted by atomic mass is 9.82. The lowest BCUT2D eigenvalue weighted by molar-refractivity contribution is 0.0739. The fraction of sp³-hybridized carbons (Fsp3) is 0.438. The maximum atomic E-state index is 15.4. The molecule has 4 heteroatoms. The number of halogens is 1. The van der Waals surface area contributed by atoms with E-state index in [1.54, 1.807) is 23.9 Å². The van der Waals surface area contributed by atoms with Gasteiger partial charge in [-0.1, -0.05) is 18.2 Å². The van der Waals surface area contributed by atoms with Gasteiger partial charge in [0.2, 0.25) is 0 Å². The Morgan fingerprint density at radius 1 is 1.30 bits per heavy atom. The minimum Gasteiger partial charge on any atom is -0.316 e. The Balaban J connectivity index is 1.96. The quantitative estimate of drug-likeness (QED) is 0.931. The number of rotatable bonds is 3. The Morgan fingerprint density at radius 2 is 2.10 bits per heavy atom. The zero-order valence-corrected chi connectivity index (χ0v) is 11.7. The topological polar surface area (TPSA) is 29.9 Å². The molecule has 3 nitrogen and oxygen atoms in total. The van der Waals surface area contributed by atoms with Gasteiger partial charge in [0.1, 0.15) is 0 Å². The molecule has 106 valence electrons. The van der Waals surface area contributed by atoms with E-state index in [2.05, 4.69) is 10.4 Å². The van der Waals surface area contributed by atoms with E-state index in [1.807, 2.05) is 30.3 Å². The van der Waals surface area contributed by atoms with E-state index in [1.165, 1.54) is 0 Å². The molecule has 2 unspecified atom stereocenters. The Hall–Kier alpha value is -1.68. The molecular weight excluding hydrogens is 253 g/mol. The van der Waals surface area contributed by atoms with Crippen LogP contribution in [0.1, 0.15) is 25.5 Å². The second-order valence-corrected chi connectivity index (χ2v) is 5.58. The van der Waals surface area contributed by atoms with Gasteiger partial charge < -0.3 is 5.32 Å². The average Bonchev–Trinajstić information content (AvgIpc) is 2.99. The normalized spacial score (nSPS) is 22.4. The third-order valence-corrected chi connectivity index (χ3v) is 4.21. The number of nitrogens with one attached hydrogen (secondary N) is 1. The molecule has 1 aromatic carbocycles. The summed E-state index contributed by atoms with van der Waals surface area (Å²) in [5.74, 6) is -0.00425. The minimum atomic E-state index is -1.38. The van der Waals surface area contributed by atoms with Crippen LogP contribution in [0.2, 0.25) is 0 Å². The van der Waals surface area contributed by atoms with Crippen molar-refractivity contribution in [3.8, 4) is 5.69 Å². The van der Waals surface area contributed by atoms with E-state index >= 15 is 4.39 Å². The average molecular weight is 273 g/mol. The second-order valence-electron chi connectivity index (χ2n) is 5.58. The molecule has 1 saturated heterocycles. The van der Waals surface area contributed by atoms with Crippen LogP contribution in [0.25, 0.3) is 5.69 Å². The molecule has 2 aromatic rings. The highest BCUT2D eigenvalue weighted by molar-refractivity contribution is 5.34. The highest BCUT2D eigenvalue weighted by Crippen LogP contribution is 2.37. The molecular formula is C16H20FN3. The molecule has 20 heavy (non-hydrogen) atoms. The summed E-state index contributed by atoms with van der Waals surface area (Å²) in [5, 5.41) is 7.60. The number of piperidine rings is 1. The molecule has 2 heterocycles. The SMILES string of the molecule is CC(F)(c1ccnn1-c1ccccc1)C1CCCNC1. The summed E-state index contributed by atoms with van der Waals surface area (Å²) in [7, 11) is 0. The number of nitrogens with zero attached hydrogens (tertiary/aromatic N) is 2. The Labute approximate surface area is 118 Å². The highest BCUT2D eigenvalue weighted by atomic mass is 19.1. The third-order valence-electron chi connectivity index (χ3n) is 4.21. The van der Waals surface area contributed by atoms with Gasteiger partial charge in [0.05, 0.1) is 11.4 Å². The summed E-state index contributed by atoms with van der Waals surface area (Å²) < 4.78 is 17.1. The van der Waals surface area contributed by atoms with Crippen molar-refractivity contribution in [2.45, 2.75) is 25.4 Å². The van der Waals surface area contributed by atoms with Gasteiger partial charge in [0.15, 0.2) is 5.67 Å². The van der Waals surface area contributed by atoms with E-state index in [9.17, 15) is 0 Å². The summed E-state index contributed by atoms with van der Waals surface area (Å²) in [6, 6.07) is 11.5. The molecule has 0 radical (unpaired) electrons. The molecule has 0 amide bonds. The van der Waals surface area contributed by atoms with Gasteiger partial charge in [-0.3, -0.25) is 0 Å². The molecule has 0 bridgehead atoms. The lowest BCUT2D eigenvalue weighted by Gasteiger charge is -2.34. The first-order chi connectivity index (χ1) is 9.69. The molecule has 1 aliphatic rings. The van der Waals surface area contributed by atoms with E-state index < -0.39 is 5.67 Å². The van der Waals surface area contributed by atoms with Gasteiger partial charge in [0, 0.05) is 18.7 Å². The first-order valence-electron chi connectivity index (χ1n) is 7.19. The standard InChI is InChI=1S/C16H20FN3/c1-16(17,13-6-5-10-18-12-13)15-9-11-19-20(15)14-7-3-2-4-8-14/h2-4,7-9,11,13,18H,5-6,10,12H2,1H3. The van der Waals surface area contributed by atoms with Gasteiger partial charge >= 0.3 is 0 Å². The summed E-state index contributed by atoms with van der Waals surface area (Å²) in [6.07, 6.45) is 3.63. The minimum absolute atomic E-state index is 0.00425. The van der Waals surface area contributed by atoms with Crippen LogP contribution in [0.3, 0.4) is 0 Å². The van der Waals surface area contributed by atoms with Crippen molar-refractivity contribution < 1.29 is 4.39 Å². The smallest absolute Gasteiger partial charge is 0.154 e. The number of hydrogen-bond donors (Lipinski definition) is 1. The molecule has 2 atom stereocenters. The van der Waals surface area contributed by atoms with Crippen LogP contribution in [0.15, 0.2) is 42.6 Å². The first kappa shape index (κ1) is 13.3. The maximum absolute atomic E-state index is 15.4. The van der Waals surface area contributed by atoms with Crippen LogP contribution < -0.4 is 5.32 Å². The molecule has 1 aromatic heterocycles. The molecule has 1 N–H and O–H groups in total. The van der Waals surface area contributed by atoms with Gasteiger partial charge in [-0.25, -0.2) is 9.07 Å². The Morgan fingerprint density at radius 3 is 2.80 bits per heavy atom. The summed E-state index contributed by atoms with van der Waals surface area (Å²) >= 11 is 0. The van der Waals surface area contributed by atoms with Crippen LogP contribution in [-0.2, 0) is 5.67 Å². The van der Waals surface area contributed by atoms with Gasteiger partial charge in [-0.15, -0.1) is 0 Å². The summed E-state index contributed by atoms with van der Waals surface area (Å²) in [4.78, 5) is 0. The number of benzene rings is 1. The predicted octanol–water partition coefficient (Wildman–Crippen LogP) is 3.06. The maximum Gasteiger partial charge on any atom is 0.154 e. The predicted molar refractivity (Wildman–Crippen MR) is 77.6 cm³/mol. The fourth-order valence-corrected chi connectivity index (χ4v) is 2.97. The van der Waals surface area contributed by atoms with E-state index in [0.29, 0.717) is 5.69 Å². The van der Waals surface area contributed by atoms with Gasteiger partial charge in [-0.2, -0.15) is 5.10 Å². The zero-order valence-electron chi connectivity index (χ0n) is 11.7. The number of alkyl halides is 1. The fourth-order valence-electron chi connectivity index (χ4n) is 2.97. The van der Waals surface area contributed by atoms with E-state index in [-0.39, 0.29) is 5.92 Å². The van der Waals surface area contributed by atoms with Crippen LogP contribution in [0, 0.1) is 5.92 Å². The molecule has 0 saturated carbocycles. The van der Waals surface area contributed by atoms with Crippen molar-refractivity contribution in [3.05, 3.63) is 48.3 Å². The second kappa shape index (κ2) is 5.37. The molecule has 0 aliphatic carbocycles. The van der Waals surface area contributed by atoms with Crippen molar-refractivity contribution in [1.29, 1.82) is 0 Å². The van der Waals surface area contributed by atoms with Crippen LogP contribution in [0.4, 0.5) is 4.39 Å². The third kappa shape index (κ3) is 2.36. The highest BCUT2D eigenvalue weighted by Gasteiger charge is 2.39. The molecule has 0 spiro atoms. The largest absolute Gasteiger partial charge is 0.316 e. The number of para-hydroxylation sites is 1.